The maximum absolute atomic E-state index is 11.7. The first kappa shape index (κ1) is 21.1. The summed E-state index contributed by atoms with van der Waals surface area (Å²) in [7, 11) is 0. The smallest absolute Gasteiger partial charge is 0.336 e. The molecule has 7 heteroatoms. The van der Waals surface area contributed by atoms with Gasteiger partial charge in [0.2, 0.25) is 0 Å². The highest BCUT2D eigenvalue weighted by atomic mass is 32.1. The number of carbonyl (C=O) groups is 2. The fourth-order valence-corrected chi connectivity index (χ4v) is 2.93. The van der Waals surface area contributed by atoms with Gasteiger partial charge in [-0.05, 0) is 62.3 Å². The number of rotatable bonds is 6. The molecule has 0 unspecified atom stereocenters. The van der Waals surface area contributed by atoms with Crippen molar-refractivity contribution in [1.82, 2.24) is 5.32 Å². The summed E-state index contributed by atoms with van der Waals surface area (Å²) in [4.78, 5) is 23.1. The van der Waals surface area contributed by atoms with Crippen LogP contribution in [0.4, 0.5) is 5.69 Å². The van der Waals surface area contributed by atoms with Gasteiger partial charge in [0.15, 0.2) is 5.11 Å². The Morgan fingerprint density at radius 1 is 0.964 bits per heavy atom. The topological polar surface area (TPSA) is 98.7 Å². The van der Waals surface area contributed by atoms with E-state index >= 15 is 0 Å². The molecule has 6 nitrogen and oxygen atoms in total. The van der Waals surface area contributed by atoms with Crippen LogP contribution in [0.3, 0.4) is 0 Å². The third-order valence-corrected chi connectivity index (χ3v) is 4.06. The number of carboxylic acid groups (broad SMARTS) is 2. The Hall–Kier alpha value is -3.19. The number of hydrogen-bond acceptors (Lipinski definition) is 3. The molecule has 0 radical (unpaired) electrons. The van der Waals surface area contributed by atoms with Gasteiger partial charge < -0.3 is 20.8 Å². The van der Waals surface area contributed by atoms with E-state index in [0.717, 1.165) is 5.56 Å². The second kappa shape index (κ2) is 9.14. The molecule has 0 spiro atoms. The van der Waals surface area contributed by atoms with Crippen molar-refractivity contribution in [2.24, 2.45) is 0 Å². The van der Waals surface area contributed by atoms with Crippen molar-refractivity contribution in [3.8, 4) is 0 Å². The number of carboxylic acids is 2. The number of aromatic carboxylic acids is 2. The van der Waals surface area contributed by atoms with Gasteiger partial charge in [-0.2, -0.15) is 0 Å². The quantitative estimate of drug-likeness (QED) is 0.426. The van der Waals surface area contributed by atoms with E-state index in [2.05, 4.69) is 10.6 Å². The second-order valence-electron chi connectivity index (χ2n) is 6.59. The average Bonchev–Trinajstić information content (AvgIpc) is 2.60. The predicted molar refractivity (Wildman–Crippen MR) is 115 cm³/mol. The first-order valence-corrected chi connectivity index (χ1v) is 9.05. The summed E-state index contributed by atoms with van der Waals surface area (Å²) in [5.41, 5.74) is 2.59. The summed E-state index contributed by atoms with van der Waals surface area (Å²) >= 11 is 5.18. The molecule has 0 aromatic heterocycles. The number of thiocarbonyl (C=S) groups is 1. The highest BCUT2D eigenvalue weighted by Gasteiger charge is 2.12. The Morgan fingerprint density at radius 2 is 1.50 bits per heavy atom. The van der Waals surface area contributed by atoms with Crippen LogP contribution >= 0.6 is 12.2 Å². The summed E-state index contributed by atoms with van der Waals surface area (Å²) in [6.07, 6.45) is 3.19. The van der Waals surface area contributed by atoms with E-state index in [1.165, 1.54) is 6.07 Å². The maximum Gasteiger partial charge on any atom is 0.336 e. The lowest BCUT2D eigenvalue weighted by Gasteiger charge is -2.14. The van der Waals surface area contributed by atoms with Crippen LogP contribution in [0.2, 0.25) is 0 Å². The van der Waals surface area contributed by atoms with E-state index in [0.29, 0.717) is 21.9 Å². The standard InChI is InChI=1S/C21H22N2O4S/c1-12(2)22-21(28)23-16-9-8-15(18(11-16)20(26)27)7-6-14-5-4-13(3)10-17(14)19(24)25/h4-12H,1-3H3,(H,24,25)(H,26,27)(H2,22,23,28)/b7-6+. The lowest BCUT2D eigenvalue weighted by molar-refractivity contribution is 0.0685. The molecule has 28 heavy (non-hydrogen) atoms. The number of benzene rings is 2. The van der Waals surface area contributed by atoms with Crippen LogP contribution in [0.25, 0.3) is 12.2 Å². The zero-order chi connectivity index (χ0) is 20.8. The van der Waals surface area contributed by atoms with E-state index in [1.807, 2.05) is 20.8 Å². The van der Waals surface area contributed by atoms with Crippen LogP contribution in [0.1, 0.15) is 51.3 Å². The van der Waals surface area contributed by atoms with Crippen molar-refractivity contribution in [2.45, 2.75) is 26.8 Å². The Labute approximate surface area is 168 Å². The number of hydrogen-bond donors (Lipinski definition) is 4. The van der Waals surface area contributed by atoms with E-state index < -0.39 is 11.9 Å². The first-order chi connectivity index (χ1) is 13.2. The monoisotopic (exact) mass is 398 g/mol. The SMILES string of the molecule is Cc1ccc(/C=C/c2ccc(NC(=S)NC(C)C)cc2C(=O)O)c(C(=O)O)c1. The lowest BCUT2D eigenvalue weighted by Crippen LogP contribution is -2.33. The van der Waals surface area contributed by atoms with Gasteiger partial charge in [-0.3, -0.25) is 0 Å². The largest absolute Gasteiger partial charge is 0.478 e. The summed E-state index contributed by atoms with van der Waals surface area (Å²) in [5, 5.41) is 25.3. The van der Waals surface area contributed by atoms with Crippen LogP contribution in [-0.4, -0.2) is 33.3 Å². The minimum atomic E-state index is -1.09. The van der Waals surface area contributed by atoms with Crippen LogP contribution in [-0.2, 0) is 0 Å². The van der Waals surface area contributed by atoms with Crippen molar-refractivity contribution in [2.75, 3.05) is 5.32 Å². The Kier molecular flexibility index (Phi) is 6.89. The Morgan fingerprint density at radius 3 is 2.04 bits per heavy atom. The zero-order valence-corrected chi connectivity index (χ0v) is 16.6. The predicted octanol–water partition coefficient (Wildman–Crippen LogP) is 4.26. The number of nitrogens with one attached hydrogen (secondary N) is 2. The number of anilines is 1. The van der Waals surface area contributed by atoms with E-state index in [-0.39, 0.29) is 17.2 Å². The van der Waals surface area contributed by atoms with Crippen molar-refractivity contribution >= 4 is 47.1 Å². The minimum absolute atomic E-state index is 0.0811. The Bertz CT molecular complexity index is 951. The summed E-state index contributed by atoms with van der Waals surface area (Å²) in [6.45, 7) is 5.70. The summed E-state index contributed by atoms with van der Waals surface area (Å²) in [6, 6.07) is 10.1. The molecule has 0 amide bonds. The van der Waals surface area contributed by atoms with Gasteiger partial charge in [0.05, 0.1) is 11.1 Å². The molecule has 0 atom stereocenters. The van der Waals surface area contributed by atoms with Gasteiger partial charge in [0.1, 0.15) is 0 Å². The van der Waals surface area contributed by atoms with Crippen molar-refractivity contribution < 1.29 is 19.8 Å². The molecule has 0 aliphatic heterocycles. The highest BCUT2D eigenvalue weighted by molar-refractivity contribution is 7.80. The second-order valence-corrected chi connectivity index (χ2v) is 7.00. The lowest BCUT2D eigenvalue weighted by atomic mass is 10.0. The van der Waals surface area contributed by atoms with Gasteiger partial charge in [0, 0.05) is 11.7 Å². The van der Waals surface area contributed by atoms with Crippen LogP contribution in [0.15, 0.2) is 36.4 Å². The Balaban J connectivity index is 2.34. The molecule has 146 valence electrons. The van der Waals surface area contributed by atoms with Gasteiger partial charge in [-0.1, -0.05) is 35.9 Å². The van der Waals surface area contributed by atoms with Crippen molar-refractivity contribution in [3.05, 3.63) is 64.2 Å². The van der Waals surface area contributed by atoms with E-state index in [1.54, 1.807) is 42.5 Å². The van der Waals surface area contributed by atoms with Gasteiger partial charge >= 0.3 is 11.9 Å². The third-order valence-electron chi connectivity index (χ3n) is 3.84. The van der Waals surface area contributed by atoms with Gasteiger partial charge in [-0.25, -0.2) is 9.59 Å². The first-order valence-electron chi connectivity index (χ1n) is 8.64. The molecule has 0 saturated heterocycles. The molecule has 2 aromatic rings. The molecule has 2 aromatic carbocycles. The minimum Gasteiger partial charge on any atom is -0.478 e. The average molecular weight is 398 g/mol. The van der Waals surface area contributed by atoms with Crippen molar-refractivity contribution in [1.29, 1.82) is 0 Å². The highest BCUT2D eigenvalue weighted by Crippen LogP contribution is 2.21. The molecule has 0 aliphatic carbocycles. The molecule has 0 bridgehead atoms. The van der Waals surface area contributed by atoms with Crippen LogP contribution in [0.5, 0.6) is 0 Å². The van der Waals surface area contributed by atoms with Crippen LogP contribution < -0.4 is 10.6 Å². The van der Waals surface area contributed by atoms with E-state index in [4.69, 9.17) is 12.2 Å². The summed E-state index contributed by atoms with van der Waals surface area (Å²) in [5.74, 6) is -2.12. The van der Waals surface area contributed by atoms with Gasteiger partial charge in [-0.15, -0.1) is 0 Å². The molecular weight excluding hydrogens is 376 g/mol. The molecule has 0 heterocycles. The van der Waals surface area contributed by atoms with E-state index in [9.17, 15) is 19.8 Å². The fraction of sp³-hybridized carbons (Fsp3) is 0.190. The molecule has 0 saturated carbocycles. The van der Waals surface area contributed by atoms with Crippen molar-refractivity contribution in [3.63, 3.8) is 0 Å². The van der Waals surface area contributed by atoms with Crippen LogP contribution in [0, 0.1) is 6.92 Å². The fourth-order valence-electron chi connectivity index (χ4n) is 2.57. The molecule has 2 rings (SSSR count). The molecule has 4 N–H and O–H groups in total. The zero-order valence-electron chi connectivity index (χ0n) is 15.8. The molecular formula is C21H22N2O4S. The molecule has 0 aliphatic rings. The maximum atomic E-state index is 11.7. The molecule has 0 fully saturated rings. The normalized spacial score (nSPS) is 10.9. The third kappa shape index (κ3) is 5.65. The number of aryl methyl sites for hydroxylation is 1. The summed E-state index contributed by atoms with van der Waals surface area (Å²) < 4.78 is 0. The van der Waals surface area contributed by atoms with Gasteiger partial charge in [0.25, 0.3) is 0 Å².